The molecule has 3 N–H and O–H groups in total. The lowest BCUT2D eigenvalue weighted by Gasteiger charge is -2.28. The van der Waals surface area contributed by atoms with Gasteiger partial charge < -0.3 is 15.8 Å². The summed E-state index contributed by atoms with van der Waals surface area (Å²) in [6.07, 6.45) is 6.45. The Hall–Kier alpha value is -0.320. The summed E-state index contributed by atoms with van der Waals surface area (Å²) >= 11 is 0. The summed E-state index contributed by atoms with van der Waals surface area (Å²) in [6, 6.07) is 0. The van der Waals surface area contributed by atoms with Crippen molar-refractivity contribution >= 4 is 18.3 Å². The van der Waals surface area contributed by atoms with Crippen LogP contribution in [0.3, 0.4) is 0 Å². The Morgan fingerprint density at radius 1 is 1.44 bits per heavy atom. The van der Waals surface area contributed by atoms with Crippen LogP contribution in [0.1, 0.15) is 45.4 Å². The second-order valence-corrected chi connectivity index (χ2v) is 5.13. The molecule has 1 unspecified atom stereocenters. The van der Waals surface area contributed by atoms with Gasteiger partial charge in [-0.3, -0.25) is 4.79 Å². The molecule has 1 amide bonds. The van der Waals surface area contributed by atoms with Gasteiger partial charge in [0, 0.05) is 20.2 Å². The maximum atomic E-state index is 11.7. The third-order valence-electron chi connectivity index (χ3n) is 4.08. The first-order valence-electron chi connectivity index (χ1n) is 6.65. The largest absolute Gasteiger partial charge is 0.380 e. The first-order chi connectivity index (χ1) is 8.15. The molecule has 0 saturated heterocycles. The fourth-order valence-electron chi connectivity index (χ4n) is 2.61. The van der Waals surface area contributed by atoms with Crippen LogP contribution in [0, 0.1) is 5.41 Å². The Balaban J connectivity index is 0.00000289. The highest BCUT2D eigenvalue weighted by atomic mass is 35.5. The van der Waals surface area contributed by atoms with Gasteiger partial charge >= 0.3 is 0 Å². The van der Waals surface area contributed by atoms with Crippen LogP contribution in [-0.2, 0) is 9.53 Å². The second-order valence-electron chi connectivity index (χ2n) is 5.13. The van der Waals surface area contributed by atoms with E-state index < -0.39 is 0 Å². The molecular formula is C13H27ClN2O2. The molecule has 108 valence electrons. The molecule has 18 heavy (non-hydrogen) atoms. The van der Waals surface area contributed by atoms with Gasteiger partial charge in [0.2, 0.25) is 5.91 Å². The monoisotopic (exact) mass is 278 g/mol. The summed E-state index contributed by atoms with van der Waals surface area (Å²) in [7, 11) is 1.59. The van der Waals surface area contributed by atoms with E-state index in [0.29, 0.717) is 18.4 Å². The number of carbonyl (C=O) groups is 1. The van der Waals surface area contributed by atoms with Gasteiger partial charge in [0.05, 0.1) is 12.5 Å². The third kappa shape index (κ3) is 5.12. The number of hydrogen-bond donors (Lipinski definition) is 2. The maximum Gasteiger partial charge on any atom is 0.222 e. The first kappa shape index (κ1) is 17.7. The minimum absolute atomic E-state index is 0. The van der Waals surface area contributed by atoms with Gasteiger partial charge in [-0.15, -0.1) is 12.4 Å². The zero-order valence-electron chi connectivity index (χ0n) is 11.5. The molecule has 1 aliphatic carbocycles. The molecule has 0 spiro atoms. The predicted molar refractivity (Wildman–Crippen MR) is 75.9 cm³/mol. The van der Waals surface area contributed by atoms with Crippen LogP contribution >= 0.6 is 12.4 Å². The van der Waals surface area contributed by atoms with Crippen LogP contribution in [0.15, 0.2) is 0 Å². The smallest absolute Gasteiger partial charge is 0.222 e. The zero-order chi connectivity index (χ0) is 12.7. The van der Waals surface area contributed by atoms with Gasteiger partial charge in [-0.25, -0.2) is 0 Å². The van der Waals surface area contributed by atoms with Crippen molar-refractivity contribution in [1.82, 2.24) is 5.32 Å². The van der Waals surface area contributed by atoms with E-state index >= 15 is 0 Å². The van der Waals surface area contributed by atoms with Gasteiger partial charge in [0.1, 0.15) is 0 Å². The van der Waals surface area contributed by atoms with Gasteiger partial charge in [-0.05, 0) is 24.7 Å². The van der Waals surface area contributed by atoms with Crippen LogP contribution in [0.5, 0.6) is 0 Å². The standard InChI is InChI=1S/C13H26N2O2.ClH/c1-3-13(6-4-5-7-13)10-15-12(16)8-11(9-14)17-2;/h11H,3-10,14H2,1-2H3,(H,15,16);1H. The van der Waals surface area contributed by atoms with Crippen molar-refractivity contribution in [1.29, 1.82) is 0 Å². The number of nitrogens with one attached hydrogen (secondary N) is 1. The Morgan fingerprint density at radius 3 is 2.50 bits per heavy atom. The molecule has 1 aliphatic rings. The highest BCUT2D eigenvalue weighted by Crippen LogP contribution is 2.40. The normalized spacial score (nSPS) is 19.1. The SMILES string of the molecule is CCC1(CNC(=O)CC(CN)OC)CCCC1.Cl. The van der Waals surface area contributed by atoms with Gasteiger partial charge in [0.25, 0.3) is 0 Å². The third-order valence-corrected chi connectivity index (χ3v) is 4.08. The minimum Gasteiger partial charge on any atom is -0.380 e. The first-order valence-corrected chi connectivity index (χ1v) is 6.65. The molecular weight excluding hydrogens is 252 g/mol. The van der Waals surface area contributed by atoms with E-state index in [0.717, 1.165) is 13.0 Å². The highest BCUT2D eigenvalue weighted by Gasteiger charge is 2.32. The molecule has 0 aliphatic heterocycles. The van der Waals surface area contributed by atoms with Gasteiger partial charge in [-0.1, -0.05) is 19.8 Å². The Bertz CT molecular complexity index is 239. The molecule has 5 heteroatoms. The molecule has 0 heterocycles. The van der Waals surface area contributed by atoms with Crippen molar-refractivity contribution in [3.05, 3.63) is 0 Å². The summed E-state index contributed by atoms with van der Waals surface area (Å²) in [5.41, 5.74) is 5.85. The van der Waals surface area contributed by atoms with Crippen LogP contribution in [0.25, 0.3) is 0 Å². The molecule has 1 fully saturated rings. The number of amides is 1. The summed E-state index contributed by atoms with van der Waals surface area (Å²) in [4.78, 5) is 11.7. The van der Waals surface area contributed by atoms with Crippen molar-refractivity contribution in [2.45, 2.75) is 51.6 Å². The topological polar surface area (TPSA) is 64.4 Å². The van der Waals surface area contributed by atoms with Crippen molar-refractivity contribution in [3.63, 3.8) is 0 Å². The summed E-state index contributed by atoms with van der Waals surface area (Å²) in [5, 5.41) is 3.04. The zero-order valence-corrected chi connectivity index (χ0v) is 12.4. The molecule has 0 aromatic rings. The fourth-order valence-corrected chi connectivity index (χ4v) is 2.61. The highest BCUT2D eigenvalue weighted by molar-refractivity contribution is 5.85. The molecule has 0 radical (unpaired) electrons. The average Bonchev–Trinajstić information content (AvgIpc) is 2.83. The van der Waals surface area contributed by atoms with Crippen LogP contribution in [-0.4, -0.2) is 32.2 Å². The Labute approximate surface area is 116 Å². The van der Waals surface area contributed by atoms with Gasteiger partial charge in [0.15, 0.2) is 0 Å². The van der Waals surface area contributed by atoms with Crippen molar-refractivity contribution in [2.24, 2.45) is 11.1 Å². The van der Waals surface area contributed by atoms with E-state index in [1.165, 1.54) is 25.7 Å². The molecule has 1 rings (SSSR count). The van der Waals surface area contributed by atoms with E-state index in [1.807, 2.05) is 0 Å². The molecule has 1 atom stereocenters. The number of hydrogen-bond acceptors (Lipinski definition) is 3. The number of nitrogens with two attached hydrogens (primary N) is 1. The van der Waals surface area contributed by atoms with E-state index in [1.54, 1.807) is 7.11 Å². The Kier molecular flexibility index (Phi) is 8.57. The van der Waals surface area contributed by atoms with Crippen LogP contribution < -0.4 is 11.1 Å². The maximum absolute atomic E-state index is 11.7. The van der Waals surface area contributed by atoms with Crippen LogP contribution in [0.2, 0.25) is 0 Å². The lowest BCUT2D eigenvalue weighted by atomic mass is 9.83. The van der Waals surface area contributed by atoms with Crippen molar-refractivity contribution in [2.75, 3.05) is 20.2 Å². The van der Waals surface area contributed by atoms with Gasteiger partial charge in [-0.2, -0.15) is 0 Å². The number of rotatable bonds is 7. The van der Waals surface area contributed by atoms with E-state index in [-0.39, 0.29) is 24.4 Å². The lowest BCUT2D eigenvalue weighted by Crippen LogP contribution is -2.38. The summed E-state index contributed by atoms with van der Waals surface area (Å²) < 4.78 is 5.11. The minimum atomic E-state index is -0.156. The average molecular weight is 279 g/mol. The Morgan fingerprint density at radius 2 is 2.06 bits per heavy atom. The predicted octanol–water partition coefficient (Wildman–Crippen LogP) is 1.86. The molecule has 0 aromatic carbocycles. The molecule has 0 aromatic heterocycles. The molecule has 1 saturated carbocycles. The van der Waals surface area contributed by atoms with E-state index in [4.69, 9.17) is 10.5 Å². The molecule has 4 nitrogen and oxygen atoms in total. The second kappa shape index (κ2) is 8.73. The fraction of sp³-hybridized carbons (Fsp3) is 0.923. The summed E-state index contributed by atoms with van der Waals surface area (Å²) in [6.45, 7) is 3.42. The van der Waals surface area contributed by atoms with E-state index in [9.17, 15) is 4.79 Å². The van der Waals surface area contributed by atoms with Crippen molar-refractivity contribution < 1.29 is 9.53 Å². The number of ether oxygens (including phenoxy) is 1. The number of halogens is 1. The number of methoxy groups -OCH3 is 1. The van der Waals surface area contributed by atoms with E-state index in [2.05, 4.69) is 12.2 Å². The molecule has 0 bridgehead atoms. The lowest BCUT2D eigenvalue weighted by molar-refractivity contribution is -0.123. The van der Waals surface area contributed by atoms with Crippen molar-refractivity contribution in [3.8, 4) is 0 Å². The quantitative estimate of drug-likeness (QED) is 0.747. The summed E-state index contributed by atoms with van der Waals surface area (Å²) in [5.74, 6) is 0.0574. The number of carbonyl (C=O) groups excluding carboxylic acids is 1. The van der Waals surface area contributed by atoms with Crippen LogP contribution in [0.4, 0.5) is 0 Å².